The van der Waals surface area contributed by atoms with E-state index in [1.54, 1.807) is 17.8 Å². The summed E-state index contributed by atoms with van der Waals surface area (Å²) in [5.41, 5.74) is 2.67. The summed E-state index contributed by atoms with van der Waals surface area (Å²) in [7, 11) is 0. The number of carbonyl (C=O) groups is 1. The Morgan fingerprint density at radius 2 is 1.65 bits per heavy atom. The molecule has 0 aromatic heterocycles. The van der Waals surface area contributed by atoms with Crippen LogP contribution in [0.4, 0.5) is 0 Å². The van der Waals surface area contributed by atoms with Crippen molar-refractivity contribution in [3.8, 4) is 11.1 Å². The first kappa shape index (κ1) is 11.6. The van der Waals surface area contributed by atoms with Crippen molar-refractivity contribution in [1.29, 1.82) is 0 Å². The Hall–Kier alpha value is -2.26. The van der Waals surface area contributed by atoms with E-state index in [9.17, 15) is 9.90 Å². The van der Waals surface area contributed by atoms with Gasteiger partial charge in [-0.05, 0) is 34.7 Å². The zero-order valence-corrected chi connectivity index (χ0v) is 11.3. The van der Waals surface area contributed by atoms with Crippen LogP contribution in [0.15, 0.2) is 64.4 Å². The van der Waals surface area contributed by atoms with Crippen molar-refractivity contribution in [3.63, 3.8) is 0 Å². The van der Waals surface area contributed by atoms with Gasteiger partial charge in [0.05, 0.1) is 5.56 Å². The van der Waals surface area contributed by atoms with Crippen LogP contribution in [0.1, 0.15) is 10.4 Å². The van der Waals surface area contributed by atoms with Crippen LogP contribution >= 0.6 is 11.8 Å². The Morgan fingerprint density at radius 3 is 2.50 bits per heavy atom. The normalized spacial score (nSPS) is 12.2. The largest absolute Gasteiger partial charge is 0.478 e. The SMILES string of the molecule is O=C(O)c1ccc2c3c(cccc13)Sc1ccccc1-2. The average Bonchev–Trinajstić information content (AvgIpc) is 2.47. The second-order valence-corrected chi connectivity index (χ2v) is 5.83. The highest BCUT2D eigenvalue weighted by atomic mass is 32.2. The summed E-state index contributed by atoms with van der Waals surface area (Å²) < 4.78 is 0. The molecule has 0 atom stereocenters. The minimum absolute atomic E-state index is 0.366. The fraction of sp³-hybridized carbons (Fsp3) is 0. The van der Waals surface area contributed by atoms with Gasteiger partial charge in [-0.2, -0.15) is 0 Å². The van der Waals surface area contributed by atoms with Gasteiger partial charge in [-0.1, -0.05) is 48.2 Å². The van der Waals surface area contributed by atoms with Gasteiger partial charge in [0.25, 0.3) is 0 Å². The third-order valence-corrected chi connectivity index (χ3v) is 4.77. The van der Waals surface area contributed by atoms with E-state index in [1.165, 1.54) is 10.5 Å². The van der Waals surface area contributed by atoms with Gasteiger partial charge >= 0.3 is 5.97 Å². The maximum absolute atomic E-state index is 11.4. The molecule has 0 fully saturated rings. The number of fused-ring (bicyclic) bond motifs is 2. The Bertz CT molecular complexity index is 868. The summed E-state index contributed by atoms with van der Waals surface area (Å²) in [5.74, 6) is -0.877. The van der Waals surface area contributed by atoms with Gasteiger partial charge < -0.3 is 5.11 Å². The summed E-state index contributed by atoms with van der Waals surface area (Å²) in [5, 5.41) is 11.2. The molecule has 0 bridgehead atoms. The fourth-order valence-electron chi connectivity index (χ4n) is 2.77. The van der Waals surface area contributed by atoms with E-state index in [-0.39, 0.29) is 0 Å². The van der Waals surface area contributed by atoms with E-state index in [4.69, 9.17) is 0 Å². The van der Waals surface area contributed by atoms with E-state index in [1.807, 2.05) is 30.3 Å². The molecule has 1 heterocycles. The van der Waals surface area contributed by atoms with Crippen LogP contribution in [0.3, 0.4) is 0 Å². The minimum Gasteiger partial charge on any atom is -0.478 e. The van der Waals surface area contributed by atoms with Gasteiger partial charge in [-0.15, -0.1) is 0 Å². The van der Waals surface area contributed by atoms with E-state index in [2.05, 4.69) is 18.2 Å². The molecule has 0 saturated heterocycles. The fourth-order valence-corrected chi connectivity index (χ4v) is 3.91. The molecule has 3 aromatic rings. The number of benzene rings is 3. The maximum atomic E-state index is 11.4. The van der Waals surface area contributed by atoms with Crippen molar-refractivity contribution < 1.29 is 9.90 Å². The highest BCUT2D eigenvalue weighted by molar-refractivity contribution is 7.99. The lowest BCUT2D eigenvalue weighted by Gasteiger charge is -2.20. The topological polar surface area (TPSA) is 37.3 Å². The monoisotopic (exact) mass is 278 g/mol. The molecular weight excluding hydrogens is 268 g/mol. The van der Waals surface area contributed by atoms with Crippen LogP contribution in [0.2, 0.25) is 0 Å². The zero-order chi connectivity index (χ0) is 13.7. The van der Waals surface area contributed by atoms with E-state index >= 15 is 0 Å². The van der Waals surface area contributed by atoms with Crippen LogP contribution in [0.25, 0.3) is 21.9 Å². The molecule has 0 saturated carbocycles. The summed E-state index contributed by atoms with van der Waals surface area (Å²) in [6.07, 6.45) is 0. The molecule has 4 rings (SSSR count). The van der Waals surface area contributed by atoms with Crippen LogP contribution in [0.5, 0.6) is 0 Å². The molecule has 2 nitrogen and oxygen atoms in total. The molecular formula is C17H10O2S. The highest BCUT2D eigenvalue weighted by Gasteiger charge is 2.21. The molecule has 0 amide bonds. The quantitative estimate of drug-likeness (QED) is 0.549. The van der Waals surface area contributed by atoms with Crippen LogP contribution in [-0.2, 0) is 0 Å². The molecule has 3 aromatic carbocycles. The molecule has 0 unspecified atom stereocenters. The minimum atomic E-state index is -0.877. The molecule has 1 N–H and O–H groups in total. The van der Waals surface area contributed by atoms with Crippen LogP contribution < -0.4 is 0 Å². The Labute approximate surface area is 120 Å². The van der Waals surface area contributed by atoms with E-state index < -0.39 is 5.97 Å². The number of hydrogen-bond acceptors (Lipinski definition) is 2. The number of carboxylic acids is 1. The highest BCUT2D eigenvalue weighted by Crippen LogP contribution is 2.48. The summed E-state index contributed by atoms with van der Waals surface area (Å²) >= 11 is 1.70. The van der Waals surface area contributed by atoms with Crippen LogP contribution in [0, 0.1) is 0 Å². The Morgan fingerprint density at radius 1 is 0.850 bits per heavy atom. The molecule has 1 aliphatic rings. The van der Waals surface area contributed by atoms with Crippen molar-refractivity contribution in [1.82, 2.24) is 0 Å². The zero-order valence-electron chi connectivity index (χ0n) is 10.5. The van der Waals surface area contributed by atoms with Crippen LogP contribution in [-0.4, -0.2) is 11.1 Å². The van der Waals surface area contributed by atoms with Gasteiger partial charge in [0.15, 0.2) is 0 Å². The Balaban J connectivity index is 2.17. The lowest BCUT2D eigenvalue weighted by molar-refractivity contribution is 0.0699. The standard InChI is InChI=1S/C17H10O2S/c18-17(19)13-9-8-12-10-4-1-2-6-14(10)20-15-7-3-5-11(13)16(12)15/h1-9H,(H,18,19). The van der Waals surface area contributed by atoms with Crippen molar-refractivity contribution in [2.24, 2.45) is 0 Å². The summed E-state index contributed by atoms with van der Waals surface area (Å²) in [6.45, 7) is 0. The van der Waals surface area contributed by atoms with Gasteiger partial charge in [-0.3, -0.25) is 0 Å². The lowest BCUT2D eigenvalue weighted by atomic mass is 9.94. The van der Waals surface area contributed by atoms with Gasteiger partial charge in [0, 0.05) is 15.2 Å². The molecule has 1 aliphatic heterocycles. The molecule has 0 aliphatic carbocycles. The number of rotatable bonds is 1. The first-order valence-electron chi connectivity index (χ1n) is 6.32. The number of carboxylic acid groups (broad SMARTS) is 1. The second-order valence-electron chi connectivity index (χ2n) is 4.74. The predicted molar refractivity (Wildman–Crippen MR) is 80.5 cm³/mol. The van der Waals surface area contributed by atoms with Crippen molar-refractivity contribution in [2.45, 2.75) is 9.79 Å². The molecule has 96 valence electrons. The summed E-state index contributed by atoms with van der Waals surface area (Å²) in [4.78, 5) is 13.7. The molecule has 20 heavy (non-hydrogen) atoms. The van der Waals surface area contributed by atoms with Gasteiger partial charge in [0.1, 0.15) is 0 Å². The predicted octanol–water partition coefficient (Wildman–Crippen LogP) is 4.67. The third kappa shape index (κ3) is 1.50. The molecule has 3 heteroatoms. The number of aromatic carboxylic acids is 1. The summed E-state index contributed by atoms with van der Waals surface area (Å²) in [6, 6.07) is 17.7. The van der Waals surface area contributed by atoms with E-state index in [0.717, 1.165) is 21.2 Å². The smallest absolute Gasteiger partial charge is 0.336 e. The van der Waals surface area contributed by atoms with Crippen molar-refractivity contribution >= 4 is 28.5 Å². The third-order valence-electron chi connectivity index (χ3n) is 3.63. The van der Waals surface area contributed by atoms with Gasteiger partial charge in [0.2, 0.25) is 0 Å². The number of hydrogen-bond donors (Lipinski definition) is 1. The van der Waals surface area contributed by atoms with Gasteiger partial charge in [-0.25, -0.2) is 4.79 Å². The average molecular weight is 278 g/mol. The first-order chi connectivity index (χ1) is 9.75. The first-order valence-corrected chi connectivity index (χ1v) is 7.13. The Kier molecular flexibility index (Phi) is 2.38. The second kappa shape index (κ2) is 4.12. The van der Waals surface area contributed by atoms with Crippen molar-refractivity contribution in [2.75, 3.05) is 0 Å². The maximum Gasteiger partial charge on any atom is 0.336 e. The molecule has 0 radical (unpaired) electrons. The lowest BCUT2D eigenvalue weighted by Crippen LogP contribution is -2.00. The van der Waals surface area contributed by atoms with E-state index in [0.29, 0.717) is 5.56 Å². The van der Waals surface area contributed by atoms with Crippen molar-refractivity contribution in [3.05, 3.63) is 60.2 Å². The molecule has 0 spiro atoms.